The second kappa shape index (κ2) is 4.76. The first kappa shape index (κ1) is 11.3. The topological polar surface area (TPSA) is 56.0 Å². The number of aromatic nitrogens is 2. The number of carbonyl (C=O) groups is 1. The highest BCUT2D eigenvalue weighted by molar-refractivity contribution is 5.79. The summed E-state index contributed by atoms with van der Waals surface area (Å²) in [6.07, 6.45) is 4.06. The minimum atomic E-state index is 0.294. The van der Waals surface area contributed by atoms with Gasteiger partial charge in [-0.15, -0.1) is 0 Å². The highest BCUT2D eigenvalue weighted by atomic mass is 16.5. The van der Waals surface area contributed by atoms with E-state index in [4.69, 9.17) is 4.52 Å². The molecule has 0 N–H and O–H groups in total. The summed E-state index contributed by atoms with van der Waals surface area (Å²) in [4.78, 5) is 15.6. The zero-order chi connectivity index (χ0) is 11.5. The summed E-state index contributed by atoms with van der Waals surface area (Å²) in [6.45, 7) is 4.21. The van der Waals surface area contributed by atoms with Crippen molar-refractivity contribution in [3.8, 4) is 0 Å². The van der Waals surface area contributed by atoms with E-state index in [0.717, 1.165) is 31.0 Å². The van der Waals surface area contributed by atoms with E-state index in [1.165, 1.54) is 0 Å². The Balaban J connectivity index is 2.04. The van der Waals surface area contributed by atoms with E-state index in [-0.39, 0.29) is 0 Å². The van der Waals surface area contributed by atoms with Gasteiger partial charge >= 0.3 is 0 Å². The molecule has 1 aliphatic carbocycles. The van der Waals surface area contributed by atoms with Gasteiger partial charge in [0.2, 0.25) is 5.89 Å². The van der Waals surface area contributed by atoms with Crippen LogP contribution in [0.1, 0.15) is 69.5 Å². The van der Waals surface area contributed by atoms with Crippen LogP contribution < -0.4 is 0 Å². The lowest BCUT2D eigenvalue weighted by Gasteiger charge is -2.16. The molecule has 1 heterocycles. The lowest BCUT2D eigenvalue weighted by molar-refractivity contribution is -0.120. The van der Waals surface area contributed by atoms with Crippen LogP contribution in [-0.4, -0.2) is 15.9 Å². The van der Waals surface area contributed by atoms with Crippen LogP contribution in [-0.2, 0) is 4.79 Å². The molecule has 0 saturated heterocycles. The molecule has 4 nitrogen and oxygen atoms in total. The molecular weight excluding hydrogens is 204 g/mol. The van der Waals surface area contributed by atoms with Gasteiger partial charge < -0.3 is 4.52 Å². The third kappa shape index (κ3) is 2.31. The molecular formula is C12H18N2O2. The predicted molar refractivity (Wildman–Crippen MR) is 59.2 cm³/mol. The molecule has 1 unspecified atom stereocenters. The van der Waals surface area contributed by atoms with E-state index in [1.807, 2.05) is 0 Å². The fourth-order valence-corrected chi connectivity index (χ4v) is 1.98. The Labute approximate surface area is 95.4 Å². The summed E-state index contributed by atoms with van der Waals surface area (Å²) >= 11 is 0. The van der Waals surface area contributed by atoms with Crippen LogP contribution in [0.2, 0.25) is 0 Å². The number of rotatable bonds is 3. The number of hydrogen-bond acceptors (Lipinski definition) is 4. The number of ketones is 1. The summed E-state index contributed by atoms with van der Waals surface area (Å²) in [6, 6.07) is 0. The summed E-state index contributed by atoms with van der Waals surface area (Å²) in [5, 5.41) is 4.01. The van der Waals surface area contributed by atoms with Gasteiger partial charge in [0.15, 0.2) is 5.82 Å². The minimum Gasteiger partial charge on any atom is -0.339 e. The van der Waals surface area contributed by atoms with Gasteiger partial charge in [-0.25, -0.2) is 0 Å². The monoisotopic (exact) mass is 222 g/mol. The van der Waals surface area contributed by atoms with Crippen molar-refractivity contribution in [1.82, 2.24) is 10.1 Å². The summed E-state index contributed by atoms with van der Waals surface area (Å²) in [5.74, 6) is 2.53. The lowest BCUT2D eigenvalue weighted by Crippen LogP contribution is -2.12. The van der Waals surface area contributed by atoms with Crippen LogP contribution in [0.25, 0.3) is 0 Å². The Morgan fingerprint density at radius 3 is 2.75 bits per heavy atom. The Morgan fingerprint density at radius 2 is 2.12 bits per heavy atom. The molecule has 1 saturated carbocycles. The van der Waals surface area contributed by atoms with E-state index < -0.39 is 0 Å². The molecule has 16 heavy (non-hydrogen) atoms. The first-order chi connectivity index (χ1) is 7.70. The van der Waals surface area contributed by atoms with Gasteiger partial charge in [0, 0.05) is 24.7 Å². The van der Waals surface area contributed by atoms with Crippen LogP contribution in [0.5, 0.6) is 0 Å². The summed E-state index contributed by atoms with van der Waals surface area (Å²) in [7, 11) is 0. The molecule has 4 heteroatoms. The average molecular weight is 222 g/mol. The molecule has 0 aliphatic heterocycles. The Morgan fingerprint density at radius 1 is 1.44 bits per heavy atom. The summed E-state index contributed by atoms with van der Waals surface area (Å²) < 4.78 is 5.29. The molecule has 1 aromatic rings. The zero-order valence-corrected chi connectivity index (χ0v) is 9.90. The highest BCUT2D eigenvalue weighted by Crippen LogP contribution is 2.30. The van der Waals surface area contributed by atoms with Crippen molar-refractivity contribution >= 4 is 5.78 Å². The van der Waals surface area contributed by atoms with Crippen LogP contribution in [0.15, 0.2) is 4.52 Å². The van der Waals surface area contributed by atoms with E-state index in [1.54, 1.807) is 0 Å². The quantitative estimate of drug-likeness (QED) is 0.789. The standard InChI is InChI=1S/C12H18N2O2/c1-3-8(2)11-13-12(16-14-11)9-4-6-10(15)7-5-9/h8-9H,3-7H2,1-2H3. The first-order valence-corrected chi connectivity index (χ1v) is 6.06. The second-order valence-electron chi connectivity index (χ2n) is 4.61. The van der Waals surface area contributed by atoms with Gasteiger partial charge in [0.1, 0.15) is 5.78 Å². The van der Waals surface area contributed by atoms with Gasteiger partial charge in [0.05, 0.1) is 0 Å². The Bertz CT molecular complexity index is 363. The minimum absolute atomic E-state index is 0.294. The van der Waals surface area contributed by atoms with Crippen molar-refractivity contribution in [3.05, 3.63) is 11.7 Å². The van der Waals surface area contributed by atoms with E-state index in [0.29, 0.717) is 30.5 Å². The largest absolute Gasteiger partial charge is 0.339 e. The number of Topliss-reactive ketones (excluding diaryl/α,β-unsaturated/α-hetero) is 1. The second-order valence-corrected chi connectivity index (χ2v) is 4.61. The fraction of sp³-hybridized carbons (Fsp3) is 0.750. The molecule has 1 aliphatic rings. The van der Waals surface area contributed by atoms with E-state index in [2.05, 4.69) is 24.0 Å². The van der Waals surface area contributed by atoms with Gasteiger partial charge in [-0.3, -0.25) is 4.79 Å². The highest BCUT2D eigenvalue weighted by Gasteiger charge is 2.25. The molecule has 2 rings (SSSR count). The molecule has 88 valence electrons. The third-order valence-electron chi connectivity index (χ3n) is 3.40. The molecule has 1 fully saturated rings. The maximum atomic E-state index is 11.1. The van der Waals surface area contributed by atoms with Crippen LogP contribution in [0.3, 0.4) is 0 Å². The van der Waals surface area contributed by atoms with Gasteiger partial charge in [-0.2, -0.15) is 4.98 Å². The Kier molecular flexibility index (Phi) is 3.36. The SMILES string of the molecule is CCC(C)c1noc(C2CCC(=O)CC2)n1. The van der Waals surface area contributed by atoms with Crippen molar-refractivity contribution in [2.24, 2.45) is 0 Å². The third-order valence-corrected chi connectivity index (χ3v) is 3.40. The molecule has 0 radical (unpaired) electrons. The van der Waals surface area contributed by atoms with Crippen molar-refractivity contribution in [1.29, 1.82) is 0 Å². The average Bonchev–Trinajstić information content (AvgIpc) is 2.78. The fourth-order valence-electron chi connectivity index (χ4n) is 1.98. The smallest absolute Gasteiger partial charge is 0.229 e. The maximum absolute atomic E-state index is 11.1. The van der Waals surface area contributed by atoms with Crippen molar-refractivity contribution in [3.63, 3.8) is 0 Å². The molecule has 1 atom stereocenters. The number of hydrogen-bond donors (Lipinski definition) is 0. The normalized spacial score (nSPS) is 20.0. The number of carbonyl (C=O) groups excluding carboxylic acids is 1. The molecule has 0 spiro atoms. The van der Waals surface area contributed by atoms with Crippen molar-refractivity contribution in [2.75, 3.05) is 0 Å². The summed E-state index contributed by atoms with van der Waals surface area (Å²) in [5.41, 5.74) is 0. The van der Waals surface area contributed by atoms with Gasteiger partial charge in [-0.1, -0.05) is 19.0 Å². The zero-order valence-electron chi connectivity index (χ0n) is 9.90. The van der Waals surface area contributed by atoms with Crippen molar-refractivity contribution in [2.45, 2.75) is 57.8 Å². The van der Waals surface area contributed by atoms with Crippen LogP contribution in [0, 0.1) is 0 Å². The molecule has 0 amide bonds. The van der Waals surface area contributed by atoms with E-state index in [9.17, 15) is 4.79 Å². The maximum Gasteiger partial charge on any atom is 0.229 e. The van der Waals surface area contributed by atoms with Crippen molar-refractivity contribution < 1.29 is 9.32 Å². The Hall–Kier alpha value is -1.19. The molecule has 0 aromatic carbocycles. The lowest BCUT2D eigenvalue weighted by atomic mass is 9.88. The molecule has 1 aromatic heterocycles. The van der Waals surface area contributed by atoms with E-state index >= 15 is 0 Å². The van der Waals surface area contributed by atoms with Gasteiger partial charge in [0.25, 0.3) is 0 Å². The predicted octanol–water partition coefficient (Wildman–Crippen LogP) is 2.81. The number of nitrogens with zero attached hydrogens (tertiary/aromatic N) is 2. The van der Waals surface area contributed by atoms with Gasteiger partial charge in [-0.05, 0) is 19.3 Å². The van der Waals surface area contributed by atoms with Crippen LogP contribution in [0.4, 0.5) is 0 Å². The first-order valence-electron chi connectivity index (χ1n) is 6.06. The van der Waals surface area contributed by atoms with Crippen LogP contribution >= 0.6 is 0 Å². The molecule has 0 bridgehead atoms.